The van der Waals surface area contributed by atoms with Gasteiger partial charge in [-0.2, -0.15) is 0 Å². The van der Waals surface area contributed by atoms with Crippen molar-refractivity contribution in [3.05, 3.63) is 0 Å². The summed E-state index contributed by atoms with van der Waals surface area (Å²) in [6.07, 6.45) is 14.7. The van der Waals surface area contributed by atoms with E-state index in [2.05, 4.69) is 0 Å². The van der Waals surface area contributed by atoms with Gasteiger partial charge in [-0.05, 0) is 68.1 Å². The van der Waals surface area contributed by atoms with Crippen molar-refractivity contribution in [1.29, 1.82) is 0 Å². The Kier molecular flexibility index (Phi) is 1.89. The number of hydrogen-bond acceptors (Lipinski definition) is 1. The van der Waals surface area contributed by atoms with Crippen molar-refractivity contribution in [3.8, 4) is 0 Å². The van der Waals surface area contributed by atoms with Crippen LogP contribution in [0.3, 0.4) is 0 Å². The van der Waals surface area contributed by atoms with Gasteiger partial charge in [0.05, 0.1) is 0 Å². The molecule has 0 saturated heterocycles. The van der Waals surface area contributed by atoms with Gasteiger partial charge in [0.1, 0.15) is 0 Å². The van der Waals surface area contributed by atoms with Gasteiger partial charge in [0, 0.05) is 5.54 Å². The molecule has 4 bridgehead atoms. The van der Waals surface area contributed by atoms with Crippen LogP contribution in [-0.2, 0) is 0 Å². The third kappa shape index (κ3) is 1.06. The maximum absolute atomic E-state index is 6.93. The van der Waals surface area contributed by atoms with Gasteiger partial charge in [-0.3, -0.25) is 0 Å². The third-order valence-corrected chi connectivity index (χ3v) is 6.73. The molecule has 0 heterocycles. The van der Waals surface area contributed by atoms with Crippen LogP contribution in [0.5, 0.6) is 0 Å². The van der Waals surface area contributed by atoms with Crippen LogP contribution in [0.4, 0.5) is 0 Å². The van der Waals surface area contributed by atoms with Crippen LogP contribution in [0, 0.1) is 23.2 Å². The first-order valence-electron chi connectivity index (χ1n) is 7.51. The molecule has 4 atom stereocenters. The second-order valence-corrected chi connectivity index (χ2v) is 7.42. The van der Waals surface area contributed by atoms with E-state index in [4.69, 9.17) is 5.73 Å². The van der Waals surface area contributed by atoms with Gasteiger partial charge in [0.15, 0.2) is 0 Å². The van der Waals surface area contributed by atoms with E-state index in [1.807, 2.05) is 0 Å². The van der Waals surface area contributed by atoms with Crippen molar-refractivity contribution in [2.75, 3.05) is 0 Å². The Morgan fingerprint density at radius 1 is 0.812 bits per heavy atom. The van der Waals surface area contributed by atoms with Gasteiger partial charge >= 0.3 is 0 Å². The van der Waals surface area contributed by atoms with Gasteiger partial charge in [-0.15, -0.1) is 0 Å². The predicted molar refractivity (Wildman–Crippen MR) is 66.0 cm³/mol. The van der Waals surface area contributed by atoms with Gasteiger partial charge in [-0.25, -0.2) is 0 Å². The highest BCUT2D eigenvalue weighted by molar-refractivity contribution is 5.17. The minimum absolute atomic E-state index is 0.266. The topological polar surface area (TPSA) is 26.0 Å². The molecule has 1 heteroatoms. The molecule has 0 aromatic heterocycles. The van der Waals surface area contributed by atoms with Crippen LogP contribution in [0.15, 0.2) is 0 Å². The van der Waals surface area contributed by atoms with Crippen LogP contribution in [-0.4, -0.2) is 5.54 Å². The van der Waals surface area contributed by atoms with Crippen molar-refractivity contribution in [2.45, 2.75) is 69.7 Å². The third-order valence-electron chi connectivity index (χ3n) is 6.73. The highest BCUT2D eigenvalue weighted by Crippen LogP contribution is 2.67. The molecule has 2 N–H and O–H groups in total. The molecule has 2 unspecified atom stereocenters. The highest BCUT2D eigenvalue weighted by Gasteiger charge is 2.63. The Bertz CT molecular complexity index is 289. The molecule has 0 aliphatic heterocycles. The molecule has 5 rings (SSSR count). The second kappa shape index (κ2) is 3.04. The van der Waals surface area contributed by atoms with E-state index in [0.717, 1.165) is 17.8 Å². The fourth-order valence-electron chi connectivity index (χ4n) is 6.36. The smallest absolute Gasteiger partial charge is 0.0219 e. The van der Waals surface area contributed by atoms with E-state index in [1.165, 1.54) is 64.2 Å². The molecule has 16 heavy (non-hydrogen) atoms. The molecule has 90 valence electrons. The van der Waals surface area contributed by atoms with Crippen molar-refractivity contribution in [3.63, 3.8) is 0 Å². The minimum Gasteiger partial charge on any atom is -0.325 e. The van der Waals surface area contributed by atoms with Gasteiger partial charge in [0.2, 0.25) is 0 Å². The van der Waals surface area contributed by atoms with Crippen LogP contribution < -0.4 is 5.73 Å². The van der Waals surface area contributed by atoms with Crippen molar-refractivity contribution >= 4 is 0 Å². The van der Waals surface area contributed by atoms with Crippen LogP contribution in [0.25, 0.3) is 0 Å². The predicted octanol–water partition coefficient (Wildman–Crippen LogP) is 3.47. The zero-order valence-corrected chi connectivity index (χ0v) is 10.4. The number of nitrogens with two attached hydrogens (primary N) is 1. The van der Waals surface area contributed by atoms with Crippen molar-refractivity contribution < 1.29 is 0 Å². The van der Waals surface area contributed by atoms with Crippen LogP contribution >= 0.6 is 0 Å². The van der Waals surface area contributed by atoms with E-state index < -0.39 is 0 Å². The summed E-state index contributed by atoms with van der Waals surface area (Å²) < 4.78 is 0. The standard InChI is InChI=1S/C15H25N/c16-15-9-11-6-12(10-15)8-13(7-11)14(15)4-2-1-3-5-14/h11-13H,1-10,16H2/t11-,12+,13?,15?. The van der Waals surface area contributed by atoms with Gasteiger partial charge in [-0.1, -0.05) is 19.3 Å². The van der Waals surface area contributed by atoms with Crippen molar-refractivity contribution in [1.82, 2.24) is 0 Å². The molecule has 0 amide bonds. The number of rotatable bonds is 0. The summed E-state index contributed by atoms with van der Waals surface area (Å²) in [5.74, 6) is 3.04. The molecular weight excluding hydrogens is 194 g/mol. The minimum atomic E-state index is 0.266. The normalized spacial score (nSPS) is 53.4. The van der Waals surface area contributed by atoms with E-state index >= 15 is 0 Å². The Balaban J connectivity index is 1.75. The summed E-state index contributed by atoms with van der Waals surface area (Å²) in [6, 6.07) is 0. The molecule has 0 aromatic carbocycles. The fraction of sp³-hybridized carbons (Fsp3) is 1.00. The molecule has 1 spiro atoms. The van der Waals surface area contributed by atoms with E-state index in [-0.39, 0.29) is 5.54 Å². The van der Waals surface area contributed by atoms with Gasteiger partial charge in [0.25, 0.3) is 0 Å². The fourth-order valence-corrected chi connectivity index (χ4v) is 6.36. The monoisotopic (exact) mass is 219 g/mol. The van der Waals surface area contributed by atoms with Crippen molar-refractivity contribution in [2.24, 2.45) is 28.9 Å². The molecule has 5 saturated carbocycles. The molecule has 5 fully saturated rings. The first-order valence-corrected chi connectivity index (χ1v) is 7.51. The highest BCUT2D eigenvalue weighted by atomic mass is 14.9. The maximum Gasteiger partial charge on any atom is 0.0219 e. The van der Waals surface area contributed by atoms with Crippen LogP contribution in [0.2, 0.25) is 0 Å². The average molecular weight is 219 g/mol. The van der Waals surface area contributed by atoms with E-state index in [1.54, 1.807) is 0 Å². The maximum atomic E-state index is 6.93. The summed E-state index contributed by atoms with van der Waals surface area (Å²) in [5, 5.41) is 0. The summed E-state index contributed by atoms with van der Waals surface area (Å²) in [5.41, 5.74) is 7.79. The molecule has 5 aliphatic rings. The Morgan fingerprint density at radius 2 is 1.44 bits per heavy atom. The Labute approximate surface area is 99.2 Å². The first kappa shape index (κ1) is 9.94. The zero-order chi connectivity index (χ0) is 10.8. The lowest BCUT2D eigenvalue weighted by molar-refractivity contribution is -0.142. The summed E-state index contributed by atoms with van der Waals surface area (Å²) in [6.45, 7) is 0. The molecular formula is C15H25N. The first-order chi connectivity index (χ1) is 7.72. The summed E-state index contributed by atoms with van der Waals surface area (Å²) in [4.78, 5) is 0. The molecule has 0 aromatic rings. The van der Waals surface area contributed by atoms with E-state index in [0.29, 0.717) is 5.41 Å². The van der Waals surface area contributed by atoms with E-state index in [9.17, 15) is 0 Å². The summed E-state index contributed by atoms with van der Waals surface area (Å²) in [7, 11) is 0. The van der Waals surface area contributed by atoms with Gasteiger partial charge < -0.3 is 5.73 Å². The lowest BCUT2D eigenvalue weighted by atomic mass is 9.39. The zero-order valence-electron chi connectivity index (χ0n) is 10.4. The SMILES string of the molecule is NC12C[C@@H]3CC(C[C@@H](C3)C1)C21CCCCC1. The Hall–Kier alpha value is -0.0400. The second-order valence-electron chi connectivity index (χ2n) is 7.42. The molecule has 1 nitrogen and oxygen atoms in total. The quantitative estimate of drug-likeness (QED) is 0.663. The average Bonchev–Trinajstić information content (AvgIpc) is 2.26. The summed E-state index contributed by atoms with van der Waals surface area (Å²) >= 11 is 0. The molecule has 5 aliphatic carbocycles. The molecule has 0 radical (unpaired) electrons. The number of hydrogen-bond donors (Lipinski definition) is 1. The largest absolute Gasteiger partial charge is 0.325 e. The lowest BCUT2D eigenvalue weighted by Crippen LogP contribution is -2.69. The Morgan fingerprint density at radius 3 is 2.00 bits per heavy atom. The lowest BCUT2D eigenvalue weighted by Gasteiger charge is -2.68. The van der Waals surface area contributed by atoms with Crippen LogP contribution in [0.1, 0.15) is 64.2 Å².